The van der Waals surface area contributed by atoms with Crippen LogP contribution in [0.5, 0.6) is 5.75 Å². The highest BCUT2D eigenvalue weighted by Gasteiger charge is 2.38. The summed E-state index contributed by atoms with van der Waals surface area (Å²) in [5, 5.41) is 12.5. The average Bonchev–Trinajstić information content (AvgIpc) is 3.02. The van der Waals surface area contributed by atoms with Gasteiger partial charge in [0.25, 0.3) is 0 Å². The van der Waals surface area contributed by atoms with E-state index in [-0.39, 0.29) is 18.8 Å². The Bertz CT molecular complexity index is 1410. The van der Waals surface area contributed by atoms with E-state index in [9.17, 15) is 9.90 Å². The molecule has 4 aromatic carbocycles. The molecule has 1 N–H and O–H groups in total. The number of amides is 1. The summed E-state index contributed by atoms with van der Waals surface area (Å²) in [6.07, 6.45) is -0.0756. The molecule has 3 atom stereocenters. The van der Waals surface area contributed by atoms with Gasteiger partial charge in [0, 0.05) is 19.2 Å². The van der Waals surface area contributed by atoms with Crippen LogP contribution in [0.15, 0.2) is 97.1 Å². The van der Waals surface area contributed by atoms with Crippen molar-refractivity contribution >= 4 is 16.9 Å². The molecule has 1 saturated heterocycles. The molecular formula is C34H37NO6. The highest BCUT2D eigenvalue weighted by Crippen LogP contribution is 2.38. The van der Waals surface area contributed by atoms with Crippen LogP contribution < -0.4 is 4.74 Å². The topological polar surface area (TPSA) is 77.5 Å². The number of fused-ring (bicyclic) bond motifs is 1. The molecule has 0 saturated carbocycles. The summed E-state index contributed by atoms with van der Waals surface area (Å²) in [7, 11) is 1.63. The predicted molar refractivity (Wildman–Crippen MR) is 158 cm³/mol. The highest BCUT2D eigenvalue weighted by molar-refractivity contribution is 5.82. The van der Waals surface area contributed by atoms with E-state index < -0.39 is 12.1 Å². The van der Waals surface area contributed by atoms with Gasteiger partial charge in [0.05, 0.1) is 32.0 Å². The third kappa shape index (κ3) is 7.44. The van der Waals surface area contributed by atoms with Crippen LogP contribution in [-0.2, 0) is 27.4 Å². The molecule has 0 spiro atoms. The van der Waals surface area contributed by atoms with Gasteiger partial charge in [-0.15, -0.1) is 0 Å². The minimum absolute atomic E-state index is 0.269. The lowest BCUT2D eigenvalue weighted by Crippen LogP contribution is -2.45. The summed E-state index contributed by atoms with van der Waals surface area (Å²) in [5.74, 6) is 0.620. The molecule has 1 aliphatic heterocycles. The molecule has 41 heavy (non-hydrogen) atoms. The number of rotatable bonds is 12. The number of para-hydroxylation sites is 1. The van der Waals surface area contributed by atoms with Crippen molar-refractivity contribution in [2.75, 3.05) is 26.9 Å². The van der Waals surface area contributed by atoms with Crippen LogP contribution in [0.1, 0.15) is 35.6 Å². The van der Waals surface area contributed by atoms with Crippen molar-refractivity contribution in [3.05, 3.63) is 114 Å². The number of hydrogen-bond donors (Lipinski definition) is 1. The molecule has 1 aliphatic rings. The van der Waals surface area contributed by atoms with Crippen LogP contribution >= 0.6 is 0 Å². The normalized spacial score (nSPS) is 17.8. The first-order chi connectivity index (χ1) is 20.1. The first-order valence-electron chi connectivity index (χ1n) is 14.1. The van der Waals surface area contributed by atoms with E-state index in [4.69, 9.17) is 18.9 Å². The van der Waals surface area contributed by atoms with Crippen molar-refractivity contribution in [1.82, 2.24) is 4.90 Å². The Balaban J connectivity index is 1.28. The van der Waals surface area contributed by atoms with E-state index >= 15 is 0 Å². The Morgan fingerprint density at radius 1 is 0.878 bits per heavy atom. The molecule has 1 fully saturated rings. The van der Waals surface area contributed by atoms with Crippen molar-refractivity contribution in [2.45, 2.75) is 44.3 Å². The zero-order chi connectivity index (χ0) is 28.4. The number of likely N-dealkylation sites (tertiary alicyclic amines) is 1. The average molecular weight is 556 g/mol. The molecule has 7 nitrogen and oxygen atoms in total. The molecule has 1 amide bonds. The molecule has 0 radical (unpaired) electrons. The van der Waals surface area contributed by atoms with E-state index in [2.05, 4.69) is 30.3 Å². The summed E-state index contributed by atoms with van der Waals surface area (Å²) >= 11 is 0. The Morgan fingerprint density at radius 3 is 2.44 bits per heavy atom. The van der Waals surface area contributed by atoms with Crippen LogP contribution in [0.4, 0.5) is 4.79 Å². The van der Waals surface area contributed by atoms with Gasteiger partial charge < -0.3 is 24.1 Å². The molecule has 214 valence electrons. The number of ether oxygens (including phenoxy) is 4. The zero-order valence-corrected chi connectivity index (χ0v) is 23.4. The maximum atomic E-state index is 12.4. The van der Waals surface area contributed by atoms with Gasteiger partial charge in [0.2, 0.25) is 0 Å². The fourth-order valence-corrected chi connectivity index (χ4v) is 5.36. The second kappa shape index (κ2) is 14.1. The van der Waals surface area contributed by atoms with Gasteiger partial charge >= 0.3 is 6.09 Å². The Kier molecular flexibility index (Phi) is 9.86. The number of methoxy groups -OCH3 is 1. The van der Waals surface area contributed by atoms with Crippen molar-refractivity contribution in [3.8, 4) is 5.75 Å². The number of hydrogen-bond acceptors (Lipinski definition) is 5. The second-order valence-corrected chi connectivity index (χ2v) is 10.3. The molecule has 0 aliphatic carbocycles. The summed E-state index contributed by atoms with van der Waals surface area (Å²) in [4.78, 5) is 13.8. The van der Waals surface area contributed by atoms with E-state index in [0.29, 0.717) is 32.1 Å². The van der Waals surface area contributed by atoms with E-state index in [1.165, 1.54) is 10.3 Å². The summed E-state index contributed by atoms with van der Waals surface area (Å²) in [6, 6.07) is 31.6. The Hall–Kier alpha value is -3.91. The monoisotopic (exact) mass is 555 g/mol. The minimum atomic E-state index is -0.965. The van der Waals surface area contributed by atoms with Crippen LogP contribution in [0.3, 0.4) is 0 Å². The lowest BCUT2D eigenvalue weighted by molar-refractivity contribution is -0.0468. The number of nitrogens with zero attached hydrogens (tertiary/aromatic N) is 1. The third-order valence-electron chi connectivity index (χ3n) is 7.51. The molecule has 4 aromatic rings. The predicted octanol–water partition coefficient (Wildman–Crippen LogP) is 6.85. The van der Waals surface area contributed by atoms with E-state index in [1.807, 2.05) is 66.7 Å². The third-order valence-corrected chi connectivity index (χ3v) is 7.51. The van der Waals surface area contributed by atoms with E-state index in [0.717, 1.165) is 34.9 Å². The van der Waals surface area contributed by atoms with Crippen LogP contribution in [0.25, 0.3) is 10.8 Å². The van der Waals surface area contributed by atoms with Gasteiger partial charge in [-0.2, -0.15) is 0 Å². The van der Waals surface area contributed by atoms with Gasteiger partial charge in [-0.3, -0.25) is 4.90 Å². The van der Waals surface area contributed by atoms with Gasteiger partial charge in [0.15, 0.2) is 0 Å². The highest BCUT2D eigenvalue weighted by atomic mass is 16.6. The zero-order valence-electron chi connectivity index (χ0n) is 23.4. The summed E-state index contributed by atoms with van der Waals surface area (Å²) < 4.78 is 24.2. The van der Waals surface area contributed by atoms with Gasteiger partial charge in [-0.05, 0) is 46.9 Å². The first-order valence-corrected chi connectivity index (χ1v) is 14.1. The lowest BCUT2D eigenvalue weighted by Gasteiger charge is -2.40. The van der Waals surface area contributed by atoms with Crippen molar-refractivity contribution in [1.29, 1.82) is 0 Å². The first kappa shape index (κ1) is 28.6. The molecule has 0 bridgehead atoms. The van der Waals surface area contributed by atoms with Crippen LogP contribution in [0.2, 0.25) is 0 Å². The molecule has 0 aromatic heterocycles. The molecular weight excluding hydrogens is 518 g/mol. The standard InChI is InChI=1S/C34H37NO6/c1-38-29(23-39-21-25-10-3-2-4-11-25)24-41-31-15-8-7-14-30(31)33-32(16-9-19-35(33)34(36)37)40-22-26-17-18-27-12-5-6-13-28(27)20-26/h2-8,10-15,17-18,20,29,32-33H,9,16,19,21-24H2,1H3,(H,36,37). The fraction of sp³-hybridized carbons (Fsp3) is 0.324. The number of piperidine rings is 1. The maximum absolute atomic E-state index is 12.4. The summed E-state index contributed by atoms with van der Waals surface area (Å²) in [5.41, 5.74) is 2.94. The number of benzene rings is 4. The van der Waals surface area contributed by atoms with Gasteiger partial charge in [0.1, 0.15) is 18.5 Å². The SMILES string of the molecule is COC(COCc1ccccc1)COc1ccccc1C1C(OCc2ccc3ccccc3c2)CCCN1C(=O)O. The number of carboxylic acid groups (broad SMARTS) is 1. The molecule has 7 heteroatoms. The fourth-order valence-electron chi connectivity index (χ4n) is 5.36. The minimum Gasteiger partial charge on any atom is -0.490 e. The quantitative estimate of drug-likeness (QED) is 0.206. The molecule has 5 rings (SSSR count). The summed E-state index contributed by atoms with van der Waals surface area (Å²) in [6.45, 7) is 1.97. The maximum Gasteiger partial charge on any atom is 0.407 e. The van der Waals surface area contributed by atoms with Gasteiger partial charge in [-0.1, -0.05) is 84.9 Å². The number of carbonyl (C=O) groups is 1. The Labute approximate surface area is 241 Å². The van der Waals surface area contributed by atoms with Crippen molar-refractivity contribution < 1.29 is 28.8 Å². The molecule has 3 unspecified atom stereocenters. The lowest BCUT2D eigenvalue weighted by atomic mass is 9.92. The van der Waals surface area contributed by atoms with Gasteiger partial charge in [-0.25, -0.2) is 4.79 Å². The smallest absolute Gasteiger partial charge is 0.407 e. The molecule has 1 heterocycles. The van der Waals surface area contributed by atoms with Crippen LogP contribution in [-0.4, -0.2) is 55.2 Å². The second-order valence-electron chi connectivity index (χ2n) is 10.3. The van der Waals surface area contributed by atoms with Crippen molar-refractivity contribution in [3.63, 3.8) is 0 Å². The largest absolute Gasteiger partial charge is 0.490 e. The van der Waals surface area contributed by atoms with Crippen LogP contribution in [0, 0.1) is 0 Å². The Morgan fingerprint density at radius 2 is 1.63 bits per heavy atom. The van der Waals surface area contributed by atoms with E-state index in [1.54, 1.807) is 7.11 Å². The van der Waals surface area contributed by atoms with Crippen molar-refractivity contribution in [2.24, 2.45) is 0 Å².